The Morgan fingerprint density at radius 3 is 2.58 bits per heavy atom. The molecule has 2 aromatic heterocycles. The molecule has 0 saturated carbocycles. The Morgan fingerprint density at radius 1 is 1.05 bits per heavy atom. The van der Waals surface area contributed by atoms with Crippen molar-refractivity contribution in [3.63, 3.8) is 0 Å². The molecule has 19 heavy (non-hydrogen) atoms. The van der Waals surface area contributed by atoms with Gasteiger partial charge in [0.2, 0.25) is 0 Å². The molecular formula is C14H11BrN4. The molecule has 4 nitrogen and oxygen atoms in total. The van der Waals surface area contributed by atoms with Crippen molar-refractivity contribution in [2.45, 2.75) is 6.92 Å². The first kappa shape index (κ1) is 12.0. The number of aryl methyl sites for hydroxylation is 1. The maximum absolute atomic E-state index is 4.34. The minimum absolute atomic E-state index is 0.774. The van der Waals surface area contributed by atoms with Crippen LogP contribution >= 0.6 is 15.9 Å². The molecule has 0 aliphatic carbocycles. The topological polar surface area (TPSA) is 43.6 Å². The normalized spacial score (nSPS) is 10.6. The summed E-state index contributed by atoms with van der Waals surface area (Å²) in [5.41, 5.74) is 3.11. The second-order valence-electron chi connectivity index (χ2n) is 4.20. The van der Waals surface area contributed by atoms with Crippen LogP contribution in [0.3, 0.4) is 0 Å². The Morgan fingerprint density at radius 2 is 1.84 bits per heavy atom. The molecule has 0 aliphatic heterocycles. The molecule has 0 aliphatic rings. The third kappa shape index (κ3) is 2.56. The van der Waals surface area contributed by atoms with Gasteiger partial charge in [0.1, 0.15) is 6.33 Å². The molecule has 94 valence electrons. The van der Waals surface area contributed by atoms with E-state index in [9.17, 15) is 0 Å². The lowest BCUT2D eigenvalue weighted by Crippen LogP contribution is -1.98. The molecule has 5 heteroatoms. The summed E-state index contributed by atoms with van der Waals surface area (Å²) < 4.78 is 2.82. The summed E-state index contributed by atoms with van der Waals surface area (Å²) in [5, 5.41) is 4.34. The van der Waals surface area contributed by atoms with Crippen molar-refractivity contribution in [1.82, 2.24) is 19.7 Å². The molecule has 0 atom stereocenters. The summed E-state index contributed by atoms with van der Waals surface area (Å²) >= 11 is 3.43. The SMILES string of the molecule is Cc1cc(-n2cc(-c3ccc(Br)cc3)cn2)ncn1. The van der Waals surface area contributed by atoms with Crippen molar-refractivity contribution in [2.24, 2.45) is 0 Å². The standard InChI is InChI=1S/C14H11BrN4/c1-10-6-14(17-9-16-10)19-8-12(7-18-19)11-2-4-13(15)5-3-11/h2-9H,1H3. The number of aromatic nitrogens is 4. The molecule has 0 unspecified atom stereocenters. The summed E-state index contributed by atoms with van der Waals surface area (Å²) in [6.45, 7) is 1.93. The van der Waals surface area contributed by atoms with Gasteiger partial charge in [-0.1, -0.05) is 28.1 Å². The second kappa shape index (κ2) is 4.93. The van der Waals surface area contributed by atoms with Crippen LogP contribution in [0.5, 0.6) is 0 Å². The molecule has 2 heterocycles. The average molecular weight is 315 g/mol. The Labute approximate surface area is 119 Å². The van der Waals surface area contributed by atoms with Gasteiger partial charge in [-0.3, -0.25) is 0 Å². The van der Waals surface area contributed by atoms with E-state index < -0.39 is 0 Å². The molecule has 3 aromatic rings. The van der Waals surface area contributed by atoms with Crippen molar-refractivity contribution in [3.8, 4) is 16.9 Å². The number of nitrogens with zero attached hydrogens (tertiary/aromatic N) is 4. The summed E-state index contributed by atoms with van der Waals surface area (Å²) in [6.07, 6.45) is 5.34. The Bertz CT molecular complexity index is 703. The Hall–Kier alpha value is -2.01. The highest BCUT2D eigenvalue weighted by molar-refractivity contribution is 9.10. The molecule has 0 spiro atoms. The minimum Gasteiger partial charge on any atom is -0.242 e. The van der Waals surface area contributed by atoms with Crippen LogP contribution in [-0.2, 0) is 0 Å². The van der Waals surface area contributed by atoms with Gasteiger partial charge in [0.15, 0.2) is 5.82 Å². The lowest BCUT2D eigenvalue weighted by Gasteiger charge is -2.00. The van der Waals surface area contributed by atoms with Gasteiger partial charge in [0.25, 0.3) is 0 Å². The van der Waals surface area contributed by atoms with E-state index in [1.807, 2.05) is 37.5 Å². The van der Waals surface area contributed by atoms with Crippen LogP contribution in [0.4, 0.5) is 0 Å². The van der Waals surface area contributed by atoms with E-state index >= 15 is 0 Å². The second-order valence-corrected chi connectivity index (χ2v) is 5.11. The maximum Gasteiger partial charge on any atom is 0.156 e. The van der Waals surface area contributed by atoms with Gasteiger partial charge in [-0.2, -0.15) is 5.10 Å². The van der Waals surface area contributed by atoms with Gasteiger partial charge in [-0.15, -0.1) is 0 Å². The van der Waals surface area contributed by atoms with Gasteiger partial charge in [0.05, 0.1) is 6.20 Å². The van der Waals surface area contributed by atoms with E-state index in [2.05, 4.69) is 43.1 Å². The number of hydrogen-bond acceptors (Lipinski definition) is 3. The minimum atomic E-state index is 0.774. The van der Waals surface area contributed by atoms with Gasteiger partial charge in [-0.05, 0) is 24.6 Å². The fourth-order valence-electron chi connectivity index (χ4n) is 1.81. The molecule has 0 amide bonds. The molecule has 0 fully saturated rings. The van der Waals surface area contributed by atoms with Crippen molar-refractivity contribution >= 4 is 15.9 Å². The molecule has 0 N–H and O–H groups in total. The van der Waals surface area contributed by atoms with Crippen molar-refractivity contribution in [3.05, 3.63) is 59.2 Å². The van der Waals surface area contributed by atoms with Crippen molar-refractivity contribution in [1.29, 1.82) is 0 Å². The van der Waals surface area contributed by atoms with Gasteiger partial charge >= 0.3 is 0 Å². The zero-order valence-corrected chi connectivity index (χ0v) is 11.9. The molecule has 3 rings (SSSR count). The lowest BCUT2D eigenvalue weighted by molar-refractivity contribution is 0.835. The van der Waals surface area contributed by atoms with Crippen molar-refractivity contribution in [2.75, 3.05) is 0 Å². The zero-order chi connectivity index (χ0) is 13.2. The van der Waals surface area contributed by atoms with E-state index in [0.717, 1.165) is 27.1 Å². The monoisotopic (exact) mass is 314 g/mol. The van der Waals surface area contributed by atoms with Gasteiger partial charge in [0, 0.05) is 28.0 Å². The first-order chi connectivity index (χ1) is 9.22. The fourth-order valence-corrected chi connectivity index (χ4v) is 2.07. The van der Waals surface area contributed by atoms with Crippen LogP contribution < -0.4 is 0 Å². The average Bonchev–Trinajstić information content (AvgIpc) is 2.89. The summed E-state index contributed by atoms with van der Waals surface area (Å²) in [7, 11) is 0. The molecule has 0 bridgehead atoms. The quantitative estimate of drug-likeness (QED) is 0.728. The van der Waals surface area contributed by atoms with E-state index in [-0.39, 0.29) is 0 Å². The fraction of sp³-hybridized carbons (Fsp3) is 0.0714. The van der Waals surface area contributed by atoms with Gasteiger partial charge < -0.3 is 0 Å². The van der Waals surface area contributed by atoms with Crippen LogP contribution in [0.15, 0.2) is 53.5 Å². The van der Waals surface area contributed by atoms with Crippen LogP contribution in [0.2, 0.25) is 0 Å². The van der Waals surface area contributed by atoms with E-state index in [0.29, 0.717) is 0 Å². The molecule has 0 radical (unpaired) electrons. The maximum atomic E-state index is 4.34. The summed E-state index contributed by atoms with van der Waals surface area (Å²) in [6, 6.07) is 10.0. The highest BCUT2D eigenvalue weighted by atomic mass is 79.9. The summed E-state index contributed by atoms with van der Waals surface area (Å²) in [4.78, 5) is 8.30. The summed E-state index contributed by atoms with van der Waals surface area (Å²) in [5.74, 6) is 0.774. The first-order valence-corrected chi connectivity index (χ1v) is 6.61. The highest BCUT2D eigenvalue weighted by Gasteiger charge is 2.04. The Kier molecular flexibility index (Phi) is 3.13. The van der Waals surface area contributed by atoms with E-state index in [1.54, 1.807) is 11.0 Å². The number of benzene rings is 1. The smallest absolute Gasteiger partial charge is 0.156 e. The molecule has 0 saturated heterocycles. The Balaban J connectivity index is 1.97. The first-order valence-electron chi connectivity index (χ1n) is 5.82. The van der Waals surface area contributed by atoms with Gasteiger partial charge in [-0.25, -0.2) is 14.6 Å². The van der Waals surface area contributed by atoms with Crippen LogP contribution in [0.1, 0.15) is 5.69 Å². The van der Waals surface area contributed by atoms with E-state index in [4.69, 9.17) is 0 Å². The number of rotatable bonds is 2. The lowest BCUT2D eigenvalue weighted by atomic mass is 10.1. The third-order valence-electron chi connectivity index (χ3n) is 2.78. The largest absolute Gasteiger partial charge is 0.242 e. The van der Waals surface area contributed by atoms with Crippen LogP contribution in [0.25, 0.3) is 16.9 Å². The van der Waals surface area contributed by atoms with E-state index in [1.165, 1.54) is 0 Å². The third-order valence-corrected chi connectivity index (χ3v) is 3.31. The predicted molar refractivity (Wildman–Crippen MR) is 77.0 cm³/mol. The number of hydrogen-bond donors (Lipinski definition) is 0. The molecule has 1 aromatic carbocycles. The zero-order valence-electron chi connectivity index (χ0n) is 10.3. The van der Waals surface area contributed by atoms with Crippen LogP contribution in [-0.4, -0.2) is 19.7 Å². The predicted octanol–water partition coefficient (Wildman–Crippen LogP) is 3.40. The van der Waals surface area contributed by atoms with Crippen LogP contribution in [0, 0.1) is 6.92 Å². The highest BCUT2D eigenvalue weighted by Crippen LogP contribution is 2.21. The number of halogens is 1. The molecular weight excluding hydrogens is 304 g/mol. The van der Waals surface area contributed by atoms with Crippen molar-refractivity contribution < 1.29 is 0 Å².